The van der Waals surface area contributed by atoms with Gasteiger partial charge in [-0.1, -0.05) is 23.2 Å². The van der Waals surface area contributed by atoms with Gasteiger partial charge in [-0.25, -0.2) is 4.90 Å². The lowest BCUT2D eigenvalue weighted by Crippen LogP contribution is -2.54. The van der Waals surface area contributed by atoms with Gasteiger partial charge >= 0.3 is 0 Å². The quantitative estimate of drug-likeness (QED) is 0.655. The van der Waals surface area contributed by atoms with E-state index in [1.807, 2.05) is 0 Å². The topological polar surface area (TPSA) is 78.9 Å². The van der Waals surface area contributed by atoms with Gasteiger partial charge in [0.05, 0.1) is 24.6 Å². The Hall–Kier alpha value is -2.61. The minimum Gasteiger partial charge on any atom is -0.495 e. The fourth-order valence-electron chi connectivity index (χ4n) is 6.40. The van der Waals surface area contributed by atoms with E-state index in [2.05, 4.69) is 10.2 Å². The maximum absolute atomic E-state index is 14.1. The summed E-state index contributed by atoms with van der Waals surface area (Å²) < 4.78 is 5.47. The van der Waals surface area contributed by atoms with E-state index in [9.17, 15) is 14.4 Å². The SMILES string of the molecule is COc1cc(Cl)c(C)cc1N1C(=O)[C@H]2[C@@H](C1=O)[C@@]1(C(=O)Nc3ccc(Cl)cc31)N1CCC[C@@H]21. The summed E-state index contributed by atoms with van der Waals surface area (Å²) in [7, 11) is 1.47. The van der Waals surface area contributed by atoms with E-state index in [-0.39, 0.29) is 17.9 Å². The number of ether oxygens (including phenoxy) is 1. The van der Waals surface area contributed by atoms with Crippen LogP contribution >= 0.6 is 23.2 Å². The zero-order chi connectivity index (χ0) is 23.2. The molecule has 3 fully saturated rings. The molecule has 170 valence electrons. The summed E-state index contributed by atoms with van der Waals surface area (Å²) in [5.41, 5.74) is 1.12. The number of hydrogen-bond donors (Lipinski definition) is 1. The number of amides is 3. The van der Waals surface area contributed by atoms with Crippen LogP contribution in [0.5, 0.6) is 5.75 Å². The highest BCUT2D eigenvalue weighted by Crippen LogP contribution is 2.61. The van der Waals surface area contributed by atoms with Crippen LogP contribution in [-0.2, 0) is 19.9 Å². The largest absolute Gasteiger partial charge is 0.495 e. The molecule has 9 heteroatoms. The minimum atomic E-state index is -1.26. The van der Waals surface area contributed by atoms with E-state index in [4.69, 9.17) is 27.9 Å². The Morgan fingerprint density at radius 3 is 2.67 bits per heavy atom. The number of halogens is 2. The second-order valence-corrected chi connectivity index (χ2v) is 9.95. The van der Waals surface area contributed by atoms with Gasteiger partial charge in [0.1, 0.15) is 11.3 Å². The number of rotatable bonds is 2. The van der Waals surface area contributed by atoms with Gasteiger partial charge in [0.15, 0.2) is 0 Å². The van der Waals surface area contributed by atoms with Crippen molar-refractivity contribution in [2.24, 2.45) is 11.8 Å². The number of methoxy groups -OCH3 is 1. The summed E-state index contributed by atoms with van der Waals surface area (Å²) in [5.74, 6) is -2.12. The van der Waals surface area contributed by atoms with Gasteiger partial charge in [-0.2, -0.15) is 0 Å². The lowest BCUT2D eigenvalue weighted by molar-refractivity contribution is -0.135. The fraction of sp³-hybridized carbons (Fsp3) is 0.375. The molecule has 4 aliphatic heterocycles. The lowest BCUT2D eigenvalue weighted by atomic mass is 9.75. The molecule has 0 aliphatic carbocycles. The molecule has 2 aromatic carbocycles. The molecule has 4 aliphatic rings. The number of fused-ring (bicyclic) bond motifs is 7. The van der Waals surface area contributed by atoms with E-state index in [1.165, 1.54) is 12.0 Å². The Labute approximate surface area is 200 Å². The number of carbonyl (C=O) groups excluding carboxylic acids is 3. The van der Waals surface area contributed by atoms with E-state index in [0.29, 0.717) is 39.3 Å². The number of carbonyl (C=O) groups is 3. The smallest absolute Gasteiger partial charge is 0.250 e. The summed E-state index contributed by atoms with van der Waals surface area (Å²) in [6.07, 6.45) is 1.60. The third kappa shape index (κ3) is 2.47. The van der Waals surface area contributed by atoms with Gasteiger partial charge in [0, 0.05) is 33.4 Å². The van der Waals surface area contributed by atoms with Crippen LogP contribution in [0.15, 0.2) is 30.3 Å². The number of imide groups is 1. The maximum Gasteiger partial charge on any atom is 0.250 e. The number of benzene rings is 2. The number of hydrogen-bond acceptors (Lipinski definition) is 5. The van der Waals surface area contributed by atoms with Gasteiger partial charge in [-0.05, 0) is 56.1 Å². The van der Waals surface area contributed by atoms with Crippen LogP contribution in [0.1, 0.15) is 24.0 Å². The van der Waals surface area contributed by atoms with Crippen molar-refractivity contribution in [2.45, 2.75) is 31.3 Å². The second kappa shape index (κ2) is 6.95. The van der Waals surface area contributed by atoms with Crippen LogP contribution in [0.25, 0.3) is 0 Å². The molecular weight excluding hydrogens is 465 g/mol. The van der Waals surface area contributed by atoms with Gasteiger partial charge in [0.2, 0.25) is 17.7 Å². The first-order valence-corrected chi connectivity index (χ1v) is 11.7. The molecule has 33 heavy (non-hydrogen) atoms. The fourth-order valence-corrected chi connectivity index (χ4v) is 6.72. The van der Waals surface area contributed by atoms with E-state index < -0.39 is 23.3 Å². The summed E-state index contributed by atoms with van der Waals surface area (Å²) in [6, 6.07) is 8.31. The van der Waals surface area contributed by atoms with Crippen molar-refractivity contribution in [1.82, 2.24) is 4.90 Å². The minimum absolute atomic E-state index is 0.202. The molecule has 0 unspecified atom stereocenters. The predicted molar refractivity (Wildman–Crippen MR) is 124 cm³/mol. The lowest BCUT2D eigenvalue weighted by Gasteiger charge is -2.36. The van der Waals surface area contributed by atoms with Crippen LogP contribution in [0.2, 0.25) is 10.0 Å². The summed E-state index contributed by atoms with van der Waals surface area (Å²) in [4.78, 5) is 44.8. The first-order chi connectivity index (χ1) is 15.8. The average Bonchev–Trinajstić information content (AvgIpc) is 3.48. The first-order valence-electron chi connectivity index (χ1n) is 10.9. The summed E-state index contributed by atoms with van der Waals surface area (Å²) >= 11 is 12.6. The van der Waals surface area contributed by atoms with Crippen molar-refractivity contribution in [1.29, 1.82) is 0 Å². The normalized spacial score (nSPS) is 30.1. The van der Waals surface area contributed by atoms with Crippen LogP contribution in [-0.4, -0.2) is 42.3 Å². The Balaban J connectivity index is 1.56. The molecule has 1 spiro atoms. The molecule has 3 amide bonds. The number of nitrogens with one attached hydrogen (secondary N) is 1. The average molecular weight is 486 g/mol. The second-order valence-electron chi connectivity index (χ2n) is 9.10. The Kier molecular flexibility index (Phi) is 4.41. The van der Waals surface area contributed by atoms with E-state index in [1.54, 1.807) is 37.3 Å². The molecule has 0 radical (unpaired) electrons. The van der Waals surface area contributed by atoms with Crippen LogP contribution < -0.4 is 15.0 Å². The molecule has 4 atom stereocenters. The first kappa shape index (κ1) is 21.0. The molecule has 1 N–H and O–H groups in total. The van der Waals surface area contributed by atoms with Gasteiger partial charge in [0.25, 0.3) is 0 Å². The third-order valence-corrected chi connectivity index (χ3v) is 8.30. The molecule has 0 saturated carbocycles. The predicted octanol–water partition coefficient (Wildman–Crippen LogP) is 3.74. The van der Waals surface area contributed by atoms with Crippen LogP contribution in [0.4, 0.5) is 11.4 Å². The van der Waals surface area contributed by atoms with E-state index >= 15 is 0 Å². The van der Waals surface area contributed by atoms with Crippen molar-refractivity contribution < 1.29 is 19.1 Å². The number of aryl methyl sites for hydroxylation is 1. The zero-order valence-electron chi connectivity index (χ0n) is 18.0. The maximum atomic E-state index is 14.1. The monoisotopic (exact) mass is 485 g/mol. The Bertz CT molecular complexity index is 1260. The van der Waals surface area contributed by atoms with Crippen molar-refractivity contribution in [3.63, 3.8) is 0 Å². The molecule has 2 aromatic rings. The van der Waals surface area contributed by atoms with Crippen molar-refractivity contribution in [3.8, 4) is 5.75 Å². The van der Waals surface area contributed by atoms with Gasteiger partial charge in [-0.3, -0.25) is 19.3 Å². The molecule has 4 heterocycles. The summed E-state index contributed by atoms with van der Waals surface area (Å²) in [5, 5.41) is 3.91. The molecular formula is C24H21Cl2N3O4. The van der Waals surface area contributed by atoms with Gasteiger partial charge < -0.3 is 10.1 Å². The highest BCUT2D eigenvalue weighted by molar-refractivity contribution is 6.32. The zero-order valence-corrected chi connectivity index (χ0v) is 19.5. The molecule has 7 nitrogen and oxygen atoms in total. The third-order valence-electron chi connectivity index (χ3n) is 7.66. The molecule has 6 rings (SSSR count). The van der Waals surface area contributed by atoms with Crippen molar-refractivity contribution in [3.05, 3.63) is 51.5 Å². The van der Waals surface area contributed by atoms with Crippen LogP contribution in [0.3, 0.4) is 0 Å². The Morgan fingerprint density at radius 1 is 1.12 bits per heavy atom. The Morgan fingerprint density at radius 2 is 1.91 bits per heavy atom. The van der Waals surface area contributed by atoms with Crippen LogP contribution in [0, 0.1) is 18.8 Å². The van der Waals surface area contributed by atoms with Gasteiger partial charge in [-0.15, -0.1) is 0 Å². The highest BCUT2D eigenvalue weighted by atomic mass is 35.5. The highest BCUT2D eigenvalue weighted by Gasteiger charge is 2.74. The van der Waals surface area contributed by atoms with E-state index in [0.717, 1.165) is 18.4 Å². The number of anilines is 2. The molecule has 0 aromatic heterocycles. The molecule has 0 bridgehead atoms. The summed E-state index contributed by atoms with van der Waals surface area (Å²) in [6.45, 7) is 2.45. The van der Waals surface area contributed by atoms with Crippen molar-refractivity contribution in [2.75, 3.05) is 23.9 Å². The molecule has 3 saturated heterocycles. The van der Waals surface area contributed by atoms with Crippen molar-refractivity contribution >= 4 is 52.3 Å². The standard InChI is InChI=1S/C24H21Cl2N3O4/c1-11-8-17(18(33-2)10-14(11)26)29-21(30)19-16-4-3-7-28(16)24(20(19)22(29)31)13-9-12(25)5-6-15(13)27-23(24)32/h5-6,8-10,16,19-20H,3-4,7H2,1-2H3,(H,27,32)/t16-,19+,20-,24-/m0/s1. The number of nitrogens with zero attached hydrogens (tertiary/aromatic N) is 2.